The quantitative estimate of drug-likeness (QED) is 0.509. The Hall–Kier alpha value is -3.26. The number of nitrogens with zero attached hydrogens (tertiary/aromatic N) is 3. The van der Waals surface area contributed by atoms with Crippen molar-refractivity contribution in [2.24, 2.45) is 0 Å². The van der Waals surface area contributed by atoms with Gasteiger partial charge in [0, 0.05) is 42.5 Å². The van der Waals surface area contributed by atoms with Crippen LogP contribution >= 0.6 is 11.3 Å². The average Bonchev–Trinajstić information content (AvgIpc) is 3.20. The predicted octanol–water partition coefficient (Wildman–Crippen LogP) is 4.89. The van der Waals surface area contributed by atoms with Crippen LogP contribution in [-0.4, -0.2) is 39.4 Å². The maximum atomic E-state index is 13.3. The summed E-state index contributed by atoms with van der Waals surface area (Å²) in [7, 11) is 0. The van der Waals surface area contributed by atoms with Crippen molar-refractivity contribution in [1.29, 1.82) is 0 Å². The highest BCUT2D eigenvalue weighted by Crippen LogP contribution is 2.21. The van der Waals surface area contributed by atoms with Gasteiger partial charge >= 0.3 is 0 Å². The number of nitrogens with one attached hydrogen (secondary N) is 1. The molecule has 1 unspecified atom stereocenters. The topological polar surface area (TPSA) is 84.3 Å². The molecule has 7 nitrogen and oxygen atoms in total. The van der Waals surface area contributed by atoms with Crippen molar-refractivity contribution >= 4 is 23.2 Å². The van der Waals surface area contributed by atoms with E-state index in [2.05, 4.69) is 10.3 Å². The Balaban J connectivity index is 1.56. The third-order valence-electron chi connectivity index (χ3n) is 6.54. The molecule has 1 aliphatic heterocycles. The van der Waals surface area contributed by atoms with Crippen LogP contribution in [-0.2, 0) is 6.54 Å². The summed E-state index contributed by atoms with van der Waals surface area (Å²) in [4.78, 5) is 46.1. The summed E-state index contributed by atoms with van der Waals surface area (Å²) in [6.45, 7) is 5.54. The second kappa shape index (κ2) is 11.4. The minimum atomic E-state index is -0.514. The van der Waals surface area contributed by atoms with Crippen molar-refractivity contribution in [2.75, 3.05) is 13.1 Å². The molecule has 8 heteroatoms. The lowest BCUT2D eigenvalue weighted by Crippen LogP contribution is -2.38. The number of hydrogen-bond donors (Lipinski definition) is 1. The maximum Gasteiger partial charge on any atom is 0.259 e. The van der Waals surface area contributed by atoms with Crippen molar-refractivity contribution in [3.63, 3.8) is 0 Å². The van der Waals surface area contributed by atoms with Crippen molar-refractivity contribution in [1.82, 2.24) is 19.8 Å². The summed E-state index contributed by atoms with van der Waals surface area (Å²) in [5, 5.41) is 5.53. The van der Waals surface area contributed by atoms with Crippen LogP contribution in [0.4, 0.5) is 0 Å². The molecule has 35 heavy (non-hydrogen) atoms. The smallest absolute Gasteiger partial charge is 0.259 e. The molecular weight excluding hydrogens is 460 g/mol. The average molecular weight is 493 g/mol. The number of likely N-dealkylation sites (tertiary alicyclic amines) is 1. The summed E-state index contributed by atoms with van der Waals surface area (Å²) in [5.74, 6) is -0.773. The van der Waals surface area contributed by atoms with E-state index in [0.717, 1.165) is 48.4 Å². The van der Waals surface area contributed by atoms with Crippen LogP contribution in [0.25, 0.3) is 11.3 Å². The van der Waals surface area contributed by atoms with E-state index >= 15 is 0 Å². The van der Waals surface area contributed by atoms with Gasteiger partial charge in [-0.05, 0) is 26.2 Å². The highest BCUT2D eigenvalue weighted by atomic mass is 32.1. The number of thiazole rings is 1. The second-order valence-electron chi connectivity index (χ2n) is 9.00. The fourth-order valence-electron chi connectivity index (χ4n) is 4.21. The van der Waals surface area contributed by atoms with Crippen LogP contribution in [0.15, 0.2) is 52.9 Å². The van der Waals surface area contributed by atoms with Crippen molar-refractivity contribution in [2.45, 2.75) is 58.5 Å². The fraction of sp³-hybridized carbons (Fsp3) is 0.407. The molecule has 184 valence electrons. The van der Waals surface area contributed by atoms with E-state index in [4.69, 9.17) is 0 Å². The van der Waals surface area contributed by atoms with E-state index in [0.29, 0.717) is 13.1 Å². The van der Waals surface area contributed by atoms with E-state index in [-0.39, 0.29) is 29.6 Å². The SMILES string of the molecule is CCC(C)n1cc(C(=O)NCc2nc(-c3ccccc3)cs2)c(=O)c(C(=O)N2CCCCCC2)c1. The van der Waals surface area contributed by atoms with Crippen LogP contribution in [0.2, 0.25) is 0 Å². The van der Waals surface area contributed by atoms with Gasteiger partial charge in [-0.15, -0.1) is 11.3 Å². The summed E-state index contributed by atoms with van der Waals surface area (Å²) in [5.41, 5.74) is 1.41. The normalized spacial score (nSPS) is 14.9. The molecule has 1 N–H and O–H groups in total. The monoisotopic (exact) mass is 492 g/mol. The number of pyridine rings is 1. The fourth-order valence-corrected chi connectivity index (χ4v) is 4.95. The van der Waals surface area contributed by atoms with Crippen molar-refractivity contribution in [3.05, 3.63) is 74.5 Å². The molecule has 0 saturated carbocycles. The zero-order chi connectivity index (χ0) is 24.8. The molecule has 3 heterocycles. The van der Waals surface area contributed by atoms with E-state index in [1.807, 2.05) is 54.1 Å². The van der Waals surface area contributed by atoms with Gasteiger partial charge < -0.3 is 14.8 Å². The Kier molecular flexibility index (Phi) is 8.13. The third kappa shape index (κ3) is 5.88. The Labute approximate surface area is 209 Å². The number of aromatic nitrogens is 2. The lowest BCUT2D eigenvalue weighted by atomic mass is 10.1. The largest absolute Gasteiger partial charge is 0.350 e. The molecule has 4 rings (SSSR count). The van der Waals surface area contributed by atoms with Crippen LogP contribution in [0.3, 0.4) is 0 Å². The molecule has 3 aromatic rings. The molecule has 1 aliphatic rings. The number of rotatable bonds is 7. The highest BCUT2D eigenvalue weighted by Gasteiger charge is 2.25. The van der Waals surface area contributed by atoms with Gasteiger partial charge in [0.25, 0.3) is 11.8 Å². The second-order valence-corrected chi connectivity index (χ2v) is 9.94. The van der Waals surface area contributed by atoms with Gasteiger partial charge in [-0.25, -0.2) is 4.98 Å². The Morgan fingerprint density at radius 1 is 1.06 bits per heavy atom. The molecule has 0 aliphatic carbocycles. The van der Waals surface area contributed by atoms with Crippen LogP contribution in [0.5, 0.6) is 0 Å². The molecular formula is C27H32N4O3S. The summed E-state index contributed by atoms with van der Waals surface area (Å²) >= 11 is 1.46. The van der Waals surface area contributed by atoms with Crippen molar-refractivity contribution in [3.8, 4) is 11.3 Å². The van der Waals surface area contributed by atoms with Gasteiger partial charge in [0.2, 0.25) is 5.43 Å². The molecule has 1 aromatic carbocycles. The van der Waals surface area contributed by atoms with Gasteiger partial charge in [-0.3, -0.25) is 14.4 Å². The third-order valence-corrected chi connectivity index (χ3v) is 7.38. The first-order chi connectivity index (χ1) is 17.0. The van der Waals surface area contributed by atoms with Crippen LogP contribution < -0.4 is 10.7 Å². The molecule has 1 saturated heterocycles. The first kappa shape index (κ1) is 24.9. The van der Waals surface area contributed by atoms with Gasteiger partial charge in [0.05, 0.1) is 12.2 Å². The van der Waals surface area contributed by atoms with Crippen LogP contribution in [0, 0.1) is 0 Å². The Bertz CT molecular complexity index is 1230. The number of benzene rings is 1. The Morgan fingerprint density at radius 2 is 1.74 bits per heavy atom. The number of amides is 2. The molecule has 1 atom stereocenters. The molecule has 2 aromatic heterocycles. The number of hydrogen-bond acceptors (Lipinski definition) is 5. The highest BCUT2D eigenvalue weighted by molar-refractivity contribution is 7.09. The maximum absolute atomic E-state index is 13.3. The van der Waals surface area contributed by atoms with E-state index in [1.165, 1.54) is 11.3 Å². The van der Waals surface area contributed by atoms with Gasteiger partial charge in [-0.1, -0.05) is 50.1 Å². The standard InChI is InChI=1S/C27H32N4O3S/c1-3-19(2)31-16-21(25(32)22(17-31)27(34)30-13-9-4-5-10-14-30)26(33)28-15-24-29-23(18-35-24)20-11-7-6-8-12-20/h6-8,11-12,16-19H,3-5,9-10,13-15H2,1-2H3,(H,28,33). The summed E-state index contributed by atoms with van der Waals surface area (Å²) < 4.78 is 1.82. The minimum absolute atomic E-state index is 0.00851. The minimum Gasteiger partial charge on any atom is -0.350 e. The number of carbonyl (C=O) groups excluding carboxylic acids is 2. The lowest BCUT2D eigenvalue weighted by molar-refractivity contribution is 0.0759. The summed E-state index contributed by atoms with van der Waals surface area (Å²) in [6, 6.07) is 9.89. The molecule has 2 amide bonds. The first-order valence-electron chi connectivity index (χ1n) is 12.3. The van der Waals surface area contributed by atoms with Crippen molar-refractivity contribution < 1.29 is 9.59 Å². The summed E-state index contributed by atoms with van der Waals surface area (Å²) in [6.07, 6.45) is 8.05. The molecule has 0 radical (unpaired) electrons. The first-order valence-corrected chi connectivity index (χ1v) is 13.2. The van der Waals surface area contributed by atoms with E-state index < -0.39 is 11.3 Å². The zero-order valence-corrected chi connectivity index (χ0v) is 21.1. The lowest BCUT2D eigenvalue weighted by Gasteiger charge is -2.22. The van der Waals surface area contributed by atoms with E-state index in [1.54, 1.807) is 17.3 Å². The van der Waals surface area contributed by atoms with E-state index in [9.17, 15) is 14.4 Å². The molecule has 0 bridgehead atoms. The van der Waals surface area contributed by atoms with Gasteiger partial charge in [-0.2, -0.15) is 0 Å². The predicted molar refractivity (Wildman–Crippen MR) is 139 cm³/mol. The van der Waals surface area contributed by atoms with Gasteiger partial charge in [0.15, 0.2) is 0 Å². The molecule has 1 fully saturated rings. The number of carbonyl (C=O) groups is 2. The van der Waals surface area contributed by atoms with Gasteiger partial charge in [0.1, 0.15) is 16.1 Å². The Morgan fingerprint density at radius 3 is 2.43 bits per heavy atom. The molecule has 0 spiro atoms. The van der Waals surface area contributed by atoms with Crippen LogP contribution in [0.1, 0.15) is 77.7 Å². The zero-order valence-electron chi connectivity index (χ0n) is 20.3.